The van der Waals surface area contributed by atoms with Gasteiger partial charge in [0, 0.05) is 37.2 Å². The van der Waals surface area contributed by atoms with Gasteiger partial charge >= 0.3 is 0 Å². The van der Waals surface area contributed by atoms with Gasteiger partial charge < -0.3 is 14.8 Å². The van der Waals surface area contributed by atoms with E-state index in [0.29, 0.717) is 19.0 Å². The Balaban J connectivity index is 2.12. The lowest BCUT2D eigenvalue weighted by Crippen LogP contribution is -2.25. The number of hydrogen-bond acceptors (Lipinski definition) is 5. The minimum atomic E-state index is -0.395. The van der Waals surface area contributed by atoms with Gasteiger partial charge in [-0.2, -0.15) is 0 Å². The van der Waals surface area contributed by atoms with Gasteiger partial charge in [-0.1, -0.05) is 6.92 Å². The smallest absolute Gasteiger partial charge is 0.275 e. The monoisotopic (exact) mass is 280 g/mol. The summed E-state index contributed by atoms with van der Waals surface area (Å²) in [6, 6.07) is 4.83. The summed E-state index contributed by atoms with van der Waals surface area (Å²) in [5.74, 6) is 0.546. The van der Waals surface area contributed by atoms with Crippen molar-refractivity contribution >= 4 is 11.4 Å². The molecule has 0 aliphatic carbocycles. The fourth-order valence-electron chi connectivity index (χ4n) is 2.11. The second-order valence-electron chi connectivity index (χ2n) is 4.83. The summed E-state index contributed by atoms with van der Waals surface area (Å²) in [6.45, 7) is 4.18. The maximum atomic E-state index is 11.0. The minimum Gasteiger partial charge on any atom is -0.490 e. The van der Waals surface area contributed by atoms with Gasteiger partial charge in [0.25, 0.3) is 5.69 Å². The predicted molar refractivity (Wildman–Crippen MR) is 76.3 cm³/mol. The average Bonchev–Trinajstić information content (AvgIpc) is 2.46. The fourth-order valence-corrected chi connectivity index (χ4v) is 2.11. The molecule has 1 heterocycles. The van der Waals surface area contributed by atoms with Crippen molar-refractivity contribution in [1.29, 1.82) is 0 Å². The summed E-state index contributed by atoms with van der Waals surface area (Å²) in [4.78, 5) is 10.6. The van der Waals surface area contributed by atoms with Crippen LogP contribution in [-0.2, 0) is 4.74 Å². The molecule has 1 aromatic rings. The number of hydrogen-bond donors (Lipinski definition) is 1. The number of ether oxygens (including phenoxy) is 2. The van der Waals surface area contributed by atoms with E-state index in [2.05, 4.69) is 5.32 Å². The standard InChI is InChI=1S/C14H20N2O4/c1-2-5-15-11-8-12(16(17)18)10-14(9-11)20-13-3-6-19-7-4-13/h8-10,13,15H,2-7H2,1H3. The number of nitro benzene ring substituents is 1. The van der Waals surface area contributed by atoms with E-state index < -0.39 is 4.92 Å². The maximum absolute atomic E-state index is 11.0. The first-order chi connectivity index (χ1) is 9.69. The topological polar surface area (TPSA) is 73.6 Å². The van der Waals surface area contributed by atoms with Crippen molar-refractivity contribution < 1.29 is 14.4 Å². The molecule has 110 valence electrons. The second-order valence-corrected chi connectivity index (χ2v) is 4.83. The van der Waals surface area contributed by atoms with Crippen LogP contribution in [0.5, 0.6) is 5.75 Å². The highest BCUT2D eigenvalue weighted by Gasteiger charge is 2.17. The Hall–Kier alpha value is -1.82. The number of nitrogens with one attached hydrogen (secondary N) is 1. The van der Waals surface area contributed by atoms with Crippen LogP contribution in [0.4, 0.5) is 11.4 Å². The SMILES string of the molecule is CCCNc1cc(OC2CCOCC2)cc([N+](=O)[O-])c1. The number of anilines is 1. The van der Waals surface area contributed by atoms with Crippen LogP contribution < -0.4 is 10.1 Å². The first-order valence-electron chi connectivity index (χ1n) is 6.97. The van der Waals surface area contributed by atoms with Gasteiger partial charge in [-0.3, -0.25) is 10.1 Å². The largest absolute Gasteiger partial charge is 0.490 e. The Morgan fingerprint density at radius 2 is 2.15 bits per heavy atom. The number of rotatable bonds is 6. The summed E-state index contributed by atoms with van der Waals surface area (Å²) in [5, 5.41) is 14.1. The van der Waals surface area contributed by atoms with E-state index >= 15 is 0 Å². The number of non-ortho nitro benzene ring substituents is 1. The predicted octanol–water partition coefficient (Wildman–Crippen LogP) is 2.97. The summed E-state index contributed by atoms with van der Waals surface area (Å²) < 4.78 is 11.1. The molecule has 1 saturated heterocycles. The molecule has 0 amide bonds. The van der Waals surface area contributed by atoms with Gasteiger partial charge in [-0.15, -0.1) is 0 Å². The molecule has 1 aliphatic rings. The van der Waals surface area contributed by atoms with Crippen molar-refractivity contribution in [1.82, 2.24) is 0 Å². The molecule has 2 rings (SSSR count). The summed E-state index contributed by atoms with van der Waals surface area (Å²) >= 11 is 0. The Kier molecular flexibility index (Phi) is 5.17. The zero-order valence-corrected chi connectivity index (χ0v) is 11.6. The van der Waals surface area contributed by atoms with Crippen molar-refractivity contribution in [3.8, 4) is 5.75 Å². The lowest BCUT2D eigenvalue weighted by molar-refractivity contribution is -0.384. The van der Waals surface area contributed by atoms with E-state index in [0.717, 1.165) is 31.5 Å². The Labute approximate surface area is 118 Å². The van der Waals surface area contributed by atoms with Gasteiger partial charge in [0.05, 0.1) is 24.2 Å². The summed E-state index contributed by atoms with van der Waals surface area (Å²) in [6.07, 6.45) is 2.67. The van der Waals surface area contributed by atoms with E-state index in [9.17, 15) is 10.1 Å². The first-order valence-corrected chi connectivity index (χ1v) is 6.97. The lowest BCUT2D eigenvalue weighted by Gasteiger charge is -2.23. The molecule has 6 nitrogen and oxygen atoms in total. The van der Waals surface area contributed by atoms with Crippen molar-refractivity contribution in [3.05, 3.63) is 28.3 Å². The fraction of sp³-hybridized carbons (Fsp3) is 0.571. The van der Waals surface area contributed by atoms with Crippen LogP contribution in [0, 0.1) is 10.1 Å². The molecule has 6 heteroatoms. The molecular formula is C14H20N2O4. The van der Waals surface area contributed by atoms with E-state index in [4.69, 9.17) is 9.47 Å². The third kappa shape index (κ3) is 4.09. The maximum Gasteiger partial charge on any atom is 0.275 e. The highest BCUT2D eigenvalue weighted by molar-refractivity contribution is 5.56. The van der Waals surface area contributed by atoms with Gasteiger partial charge in [0.2, 0.25) is 0 Å². The normalized spacial score (nSPS) is 15.8. The minimum absolute atomic E-state index is 0.0492. The molecule has 0 radical (unpaired) electrons. The van der Waals surface area contributed by atoms with Crippen LogP contribution >= 0.6 is 0 Å². The Morgan fingerprint density at radius 3 is 2.80 bits per heavy atom. The summed E-state index contributed by atoms with van der Waals surface area (Å²) in [7, 11) is 0. The van der Waals surface area contributed by atoms with Gasteiger partial charge in [0.15, 0.2) is 0 Å². The third-order valence-corrected chi connectivity index (χ3v) is 3.15. The highest BCUT2D eigenvalue weighted by atomic mass is 16.6. The zero-order valence-electron chi connectivity index (χ0n) is 11.6. The highest BCUT2D eigenvalue weighted by Crippen LogP contribution is 2.28. The van der Waals surface area contributed by atoms with Crippen molar-refractivity contribution in [2.75, 3.05) is 25.1 Å². The molecule has 1 N–H and O–H groups in total. The second kappa shape index (κ2) is 7.09. The van der Waals surface area contributed by atoms with Crippen LogP contribution in [0.15, 0.2) is 18.2 Å². The molecular weight excluding hydrogens is 260 g/mol. The quantitative estimate of drug-likeness (QED) is 0.640. The van der Waals surface area contributed by atoms with Gasteiger partial charge in [-0.25, -0.2) is 0 Å². The Bertz CT molecular complexity index is 458. The molecule has 1 aromatic carbocycles. The van der Waals surface area contributed by atoms with Crippen LogP contribution in [0.25, 0.3) is 0 Å². The van der Waals surface area contributed by atoms with Crippen molar-refractivity contribution in [2.24, 2.45) is 0 Å². The van der Waals surface area contributed by atoms with Gasteiger partial charge in [-0.05, 0) is 6.42 Å². The van der Waals surface area contributed by atoms with Crippen molar-refractivity contribution in [3.63, 3.8) is 0 Å². The van der Waals surface area contributed by atoms with E-state index in [1.54, 1.807) is 0 Å². The molecule has 20 heavy (non-hydrogen) atoms. The lowest BCUT2D eigenvalue weighted by atomic mass is 10.1. The van der Waals surface area contributed by atoms with Gasteiger partial charge in [0.1, 0.15) is 11.9 Å². The molecule has 0 saturated carbocycles. The van der Waals surface area contributed by atoms with E-state index in [1.165, 1.54) is 12.1 Å². The molecule has 0 unspecified atom stereocenters. The van der Waals surface area contributed by atoms with Crippen LogP contribution in [0.3, 0.4) is 0 Å². The average molecular weight is 280 g/mol. The molecule has 0 atom stereocenters. The number of nitrogens with zero attached hydrogens (tertiary/aromatic N) is 1. The van der Waals surface area contributed by atoms with Crippen LogP contribution in [-0.4, -0.2) is 30.8 Å². The molecule has 0 bridgehead atoms. The van der Waals surface area contributed by atoms with Crippen LogP contribution in [0.2, 0.25) is 0 Å². The zero-order chi connectivity index (χ0) is 14.4. The number of benzene rings is 1. The molecule has 0 spiro atoms. The number of nitro groups is 1. The Morgan fingerprint density at radius 1 is 1.40 bits per heavy atom. The van der Waals surface area contributed by atoms with E-state index in [1.807, 2.05) is 13.0 Å². The van der Waals surface area contributed by atoms with E-state index in [-0.39, 0.29) is 11.8 Å². The van der Waals surface area contributed by atoms with Crippen molar-refractivity contribution in [2.45, 2.75) is 32.3 Å². The molecule has 1 aliphatic heterocycles. The third-order valence-electron chi connectivity index (χ3n) is 3.15. The van der Waals surface area contributed by atoms with Crippen LogP contribution in [0.1, 0.15) is 26.2 Å². The summed E-state index contributed by atoms with van der Waals surface area (Å²) in [5.41, 5.74) is 0.774. The molecule has 0 aromatic heterocycles. The molecule has 1 fully saturated rings. The first kappa shape index (κ1) is 14.6.